The topological polar surface area (TPSA) is 38.0 Å². The van der Waals surface area contributed by atoms with Crippen molar-refractivity contribution in [2.75, 3.05) is 11.9 Å². The number of hydrogen-bond donors (Lipinski definition) is 2. The van der Waals surface area contributed by atoms with Gasteiger partial charge in [-0.05, 0) is 36.2 Å². The minimum absolute atomic E-state index is 0.0487. The van der Waals surface area contributed by atoms with Gasteiger partial charge in [-0.25, -0.2) is 13.2 Å². The average Bonchev–Trinajstić information content (AvgIpc) is 2.37. The molecule has 0 bridgehead atoms. The van der Waals surface area contributed by atoms with E-state index in [-0.39, 0.29) is 10.6 Å². The molecule has 0 saturated carbocycles. The molecule has 110 valence electrons. The Labute approximate surface area is 125 Å². The van der Waals surface area contributed by atoms with Crippen molar-refractivity contribution in [1.29, 1.82) is 0 Å². The number of rotatable bonds is 5. The van der Waals surface area contributed by atoms with Crippen molar-refractivity contribution < 1.29 is 13.2 Å². The molecule has 2 rings (SSSR count). The summed E-state index contributed by atoms with van der Waals surface area (Å²) in [4.78, 5) is -0.0487. The van der Waals surface area contributed by atoms with Crippen LogP contribution in [0.2, 0.25) is 0 Å². The zero-order valence-electron chi connectivity index (χ0n) is 11.0. The summed E-state index contributed by atoms with van der Waals surface area (Å²) in [6.07, 6.45) is 0.377. The molecule has 0 unspecified atom stereocenters. The lowest BCUT2D eigenvalue weighted by molar-refractivity contribution is 0.580. The van der Waals surface area contributed by atoms with Gasteiger partial charge in [0, 0.05) is 18.3 Å². The summed E-state index contributed by atoms with van der Waals surface area (Å²) in [5.41, 5.74) is 6.59. The van der Waals surface area contributed by atoms with E-state index in [4.69, 9.17) is 18.0 Å². The molecule has 2 aromatic rings. The lowest BCUT2D eigenvalue weighted by atomic mass is 10.1. The van der Waals surface area contributed by atoms with E-state index in [2.05, 4.69) is 5.32 Å². The highest BCUT2D eigenvalue weighted by Gasteiger charge is 2.10. The molecule has 0 aromatic heterocycles. The molecule has 0 aliphatic carbocycles. The summed E-state index contributed by atoms with van der Waals surface area (Å²) >= 11 is 4.81. The van der Waals surface area contributed by atoms with Gasteiger partial charge in [-0.3, -0.25) is 0 Å². The maximum absolute atomic E-state index is 13.7. The fourth-order valence-corrected chi connectivity index (χ4v) is 2.23. The van der Waals surface area contributed by atoms with E-state index < -0.39 is 17.5 Å². The maximum atomic E-state index is 13.7. The predicted octanol–water partition coefficient (Wildman–Crippen LogP) is 3.39. The van der Waals surface area contributed by atoms with Crippen LogP contribution in [0.1, 0.15) is 11.1 Å². The second-order valence-electron chi connectivity index (χ2n) is 4.48. The fourth-order valence-electron chi connectivity index (χ4n) is 2.02. The molecule has 6 heteroatoms. The number of anilines is 1. The lowest BCUT2D eigenvalue weighted by Crippen LogP contribution is -2.16. The molecule has 0 aliphatic rings. The average molecular weight is 310 g/mol. The summed E-state index contributed by atoms with van der Waals surface area (Å²) in [6.45, 7) is 0.363. The molecule has 0 heterocycles. The van der Waals surface area contributed by atoms with Gasteiger partial charge in [0.25, 0.3) is 0 Å². The first-order valence-corrected chi connectivity index (χ1v) is 6.65. The normalized spacial score (nSPS) is 10.4. The van der Waals surface area contributed by atoms with Crippen LogP contribution in [0.5, 0.6) is 0 Å². The van der Waals surface area contributed by atoms with Crippen LogP contribution in [0.3, 0.4) is 0 Å². The van der Waals surface area contributed by atoms with Crippen molar-refractivity contribution in [2.45, 2.75) is 6.42 Å². The van der Waals surface area contributed by atoms with E-state index in [9.17, 15) is 13.2 Å². The van der Waals surface area contributed by atoms with E-state index in [1.165, 1.54) is 24.3 Å². The highest BCUT2D eigenvalue weighted by atomic mass is 32.1. The Hall–Kier alpha value is -2.08. The second-order valence-corrected chi connectivity index (χ2v) is 4.92. The van der Waals surface area contributed by atoms with E-state index in [0.717, 1.165) is 6.07 Å². The molecule has 21 heavy (non-hydrogen) atoms. The number of nitrogens with one attached hydrogen (secondary N) is 1. The van der Waals surface area contributed by atoms with Crippen molar-refractivity contribution in [3.8, 4) is 0 Å². The van der Waals surface area contributed by atoms with E-state index >= 15 is 0 Å². The maximum Gasteiger partial charge on any atom is 0.135 e. The number of nitrogens with two attached hydrogens (primary N) is 1. The Bertz CT molecular complexity index is 654. The van der Waals surface area contributed by atoms with Crippen LogP contribution < -0.4 is 11.1 Å². The molecule has 0 amide bonds. The molecule has 0 fully saturated rings. The summed E-state index contributed by atoms with van der Waals surface area (Å²) in [6, 6.07) is 7.76. The zero-order chi connectivity index (χ0) is 15.4. The zero-order valence-corrected chi connectivity index (χ0v) is 11.8. The lowest BCUT2D eigenvalue weighted by Gasteiger charge is -2.12. The molecular weight excluding hydrogens is 297 g/mol. The quantitative estimate of drug-likeness (QED) is 0.831. The summed E-state index contributed by atoms with van der Waals surface area (Å²) < 4.78 is 39.8. The Morgan fingerprint density at radius 1 is 1.10 bits per heavy atom. The molecule has 0 radical (unpaired) electrons. The van der Waals surface area contributed by atoms with Gasteiger partial charge in [0.2, 0.25) is 0 Å². The number of benzene rings is 2. The van der Waals surface area contributed by atoms with Crippen molar-refractivity contribution in [2.24, 2.45) is 5.73 Å². The largest absolute Gasteiger partial charge is 0.389 e. The van der Waals surface area contributed by atoms with Gasteiger partial charge in [-0.2, -0.15) is 0 Å². The standard InChI is InChI=1S/C15H13F3N2S/c16-10-6-9(7-11(17)8-10)4-5-20-13-3-1-2-12(18)14(13)15(19)21/h1-3,6-8,20H,4-5H2,(H2,19,21). The highest BCUT2D eigenvalue weighted by molar-refractivity contribution is 7.80. The van der Waals surface area contributed by atoms with Gasteiger partial charge in [-0.1, -0.05) is 18.3 Å². The molecule has 2 aromatic carbocycles. The molecule has 0 spiro atoms. The Morgan fingerprint density at radius 2 is 1.76 bits per heavy atom. The van der Waals surface area contributed by atoms with Crippen LogP contribution in [0.4, 0.5) is 18.9 Å². The van der Waals surface area contributed by atoms with E-state index in [0.29, 0.717) is 24.2 Å². The van der Waals surface area contributed by atoms with Crippen molar-refractivity contribution >= 4 is 22.9 Å². The van der Waals surface area contributed by atoms with Crippen LogP contribution in [-0.4, -0.2) is 11.5 Å². The summed E-state index contributed by atoms with van der Waals surface area (Å²) in [5, 5.41) is 2.97. The monoisotopic (exact) mass is 310 g/mol. The molecule has 0 saturated heterocycles. The Kier molecular flexibility index (Phi) is 4.80. The molecule has 0 atom stereocenters. The molecular formula is C15H13F3N2S. The third kappa shape index (κ3) is 3.95. The van der Waals surface area contributed by atoms with Crippen LogP contribution in [0.25, 0.3) is 0 Å². The van der Waals surface area contributed by atoms with Crippen LogP contribution in [0, 0.1) is 17.5 Å². The van der Waals surface area contributed by atoms with Gasteiger partial charge < -0.3 is 11.1 Å². The minimum atomic E-state index is -0.625. The molecule has 2 nitrogen and oxygen atoms in total. The van der Waals surface area contributed by atoms with Crippen molar-refractivity contribution in [3.05, 3.63) is 65.0 Å². The minimum Gasteiger partial charge on any atom is -0.389 e. The third-order valence-electron chi connectivity index (χ3n) is 2.91. The number of halogens is 3. The fraction of sp³-hybridized carbons (Fsp3) is 0.133. The summed E-state index contributed by atoms with van der Waals surface area (Å²) in [5.74, 6) is -1.76. The SMILES string of the molecule is NC(=S)c1c(F)cccc1NCCc1cc(F)cc(F)c1. The Morgan fingerprint density at radius 3 is 2.38 bits per heavy atom. The van der Waals surface area contributed by atoms with Gasteiger partial charge in [0.05, 0.1) is 5.56 Å². The number of thiocarbonyl (C=S) groups is 1. The van der Waals surface area contributed by atoms with Crippen LogP contribution in [0.15, 0.2) is 36.4 Å². The van der Waals surface area contributed by atoms with Gasteiger partial charge in [0.15, 0.2) is 0 Å². The highest BCUT2D eigenvalue weighted by Crippen LogP contribution is 2.19. The second kappa shape index (κ2) is 6.58. The first-order valence-electron chi connectivity index (χ1n) is 6.24. The molecule has 3 N–H and O–H groups in total. The van der Waals surface area contributed by atoms with Crippen LogP contribution >= 0.6 is 12.2 Å². The first-order chi connectivity index (χ1) is 9.97. The predicted molar refractivity (Wildman–Crippen MR) is 80.8 cm³/mol. The van der Waals surface area contributed by atoms with Gasteiger partial charge in [-0.15, -0.1) is 0 Å². The van der Waals surface area contributed by atoms with Crippen molar-refractivity contribution in [1.82, 2.24) is 0 Å². The van der Waals surface area contributed by atoms with E-state index in [1.54, 1.807) is 6.07 Å². The van der Waals surface area contributed by atoms with Crippen LogP contribution in [-0.2, 0) is 6.42 Å². The molecule has 0 aliphatic heterocycles. The summed E-state index contributed by atoms with van der Waals surface area (Å²) in [7, 11) is 0. The smallest absolute Gasteiger partial charge is 0.135 e. The third-order valence-corrected chi connectivity index (χ3v) is 3.12. The van der Waals surface area contributed by atoms with Crippen molar-refractivity contribution in [3.63, 3.8) is 0 Å². The van der Waals surface area contributed by atoms with Gasteiger partial charge in [0.1, 0.15) is 22.4 Å². The van der Waals surface area contributed by atoms with Gasteiger partial charge >= 0.3 is 0 Å². The first kappa shape index (κ1) is 15.3. The number of hydrogen-bond acceptors (Lipinski definition) is 2. The Balaban J connectivity index is 2.07. The van der Waals surface area contributed by atoms with E-state index in [1.807, 2.05) is 0 Å².